The van der Waals surface area contributed by atoms with Gasteiger partial charge in [-0.15, -0.1) is 21.5 Å². The quantitative estimate of drug-likeness (QED) is 0.152. The molecular weight excluding hydrogens is 572 g/mol. The Bertz CT molecular complexity index is 1350. The van der Waals surface area contributed by atoms with E-state index in [4.69, 9.17) is 30.8 Å². The third-order valence-electron chi connectivity index (χ3n) is 7.34. The Morgan fingerprint density at radius 2 is 1.60 bits per heavy atom. The number of Topliss-reactive ketones (excluding diaryl/α,β-unsaturated/α-hetero) is 1. The number of fused-ring (bicyclic) bond motifs is 3. The molecule has 1 atom stereocenters. The number of aliphatic imine (C=N–C) groups is 1. The molecule has 1 aliphatic heterocycles. The van der Waals surface area contributed by atoms with Gasteiger partial charge >= 0.3 is 0 Å². The number of thiophene rings is 1. The van der Waals surface area contributed by atoms with Gasteiger partial charge in [-0.2, -0.15) is 0 Å². The van der Waals surface area contributed by atoms with Crippen LogP contribution in [0.25, 0.3) is 5.00 Å². The molecule has 42 heavy (non-hydrogen) atoms. The molecule has 3 aromatic rings. The Morgan fingerprint density at radius 3 is 2.26 bits per heavy atom. The topological polar surface area (TPSA) is 87.8 Å². The molecule has 0 N–H and O–H groups in total. The SMILES string of the molecule is Cc1sc2c(c1C)C(c1ccc(Cl)cc1)=N[C@@H](CC(=O)CCCOCCOCCOCCCC(C)C)c1nnc(C)n1-2. The summed E-state index contributed by atoms with van der Waals surface area (Å²) < 4.78 is 18.9. The standard InChI is InChI=1S/C32H43ClN4O4S/c1-21(2)8-6-14-39-16-18-41-19-17-40-15-7-9-27(38)20-28-31-36-35-24(5)37(31)32-29(22(3)23(4)42-32)30(34-28)25-10-12-26(33)13-11-25/h10-13,21,28H,6-9,14-20H2,1-5H3/t28-/m0/s1. The minimum absolute atomic E-state index is 0.124. The van der Waals surface area contributed by atoms with Crippen LogP contribution in [-0.2, 0) is 19.0 Å². The smallest absolute Gasteiger partial charge is 0.163 e. The highest BCUT2D eigenvalue weighted by atomic mass is 35.5. The van der Waals surface area contributed by atoms with Crippen LogP contribution in [0.15, 0.2) is 29.3 Å². The summed E-state index contributed by atoms with van der Waals surface area (Å²) in [5, 5.41) is 10.6. The fraction of sp³-hybridized carbons (Fsp3) is 0.562. The maximum absolute atomic E-state index is 13.1. The molecule has 3 heterocycles. The number of ether oxygens (including phenoxy) is 3. The monoisotopic (exact) mass is 614 g/mol. The lowest BCUT2D eigenvalue weighted by molar-refractivity contribution is -0.119. The predicted molar refractivity (Wildman–Crippen MR) is 169 cm³/mol. The summed E-state index contributed by atoms with van der Waals surface area (Å²) in [6, 6.07) is 7.27. The van der Waals surface area contributed by atoms with E-state index in [1.807, 2.05) is 31.2 Å². The first-order valence-corrected chi connectivity index (χ1v) is 16.1. The average molecular weight is 615 g/mol. The normalized spacial score (nSPS) is 14.5. The number of benzene rings is 1. The number of rotatable bonds is 17. The molecule has 8 nitrogen and oxygen atoms in total. The molecule has 0 fully saturated rings. The van der Waals surface area contributed by atoms with E-state index in [0.717, 1.165) is 40.7 Å². The van der Waals surface area contributed by atoms with Gasteiger partial charge in [0.05, 0.1) is 32.1 Å². The molecule has 10 heteroatoms. The van der Waals surface area contributed by atoms with E-state index in [0.29, 0.717) is 62.6 Å². The Morgan fingerprint density at radius 1 is 0.952 bits per heavy atom. The summed E-state index contributed by atoms with van der Waals surface area (Å²) in [6.07, 6.45) is 3.59. The van der Waals surface area contributed by atoms with Gasteiger partial charge in [0.1, 0.15) is 22.7 Å². The fourth-order valence-corrected chi connectivity index (χ4v) is 6.30. The zero-order valence-electron chi connectivity index (χ0n) is 25.5. The Kier molecular flexibility index (Phi) is 12.3. The minimum atomic E-state index is -0.439. The largest absolute Gasteiger partial charge is 0.379 e. The van der Waals surface area contributed by atoms with Crippen molar-refractivity contribution < 1.29 is 19.0 Å². The maximum Gasteiger partial charge on any atom is 0.163 e. The third-order valence-corrected chi connectivity index (χ3v) is 8.78. The lowest BCUT2D eigenvalue weighted by atomic mass is 9.99. The van der Waals surface area contributed by atoms with E-state index in [1.165, 1.54) is 16.9 Å². The first-order chi connectivity index (χ1) is 20.3. The van der Waals surface area contributed by atoms with Gasteiger partial charge in [-0.1, -0.05) is 37.6 Å². The fourth-order valence-electron chi connectivity index (χ4n) is 4.96. The van der Waals surface area contributed by atoms with Gasteiger partial charge in [0, 0.05) is 47.1 Å². The lowest BCUT2D eigenvalue weighted by Gasteiger charge is -2.12. The van der Waals surface area contributed by atoms with Crippen LogP contribution < -0.4 is 0 Å². The molecule has 228 valence electrons. The number of carbonyl (C=O) groups excluding carboxylic acids is 1. The molecule has 0 saturated heterocycles. The number of carbonyl (C=O) groups is 1. The molecule has 4 rings (SSSR count). The van der Waals surface area contributed by atoms with E-state index in [2.05, 4.69) is 42.5 Å². The molecule has 0 bridgehead atoms. The minimum Gasteiger partial charge on any atom is -0.379 e. The zero-order chi connectivity index (χ0) is 30.1. The summed E-state index contributed by atoms with van der Waals surface area (Å²) in [4.78, 5) is 19.5. The molecule has 1 aliphatic rings. The zero-order valence-corrected chi connectivity index (χ0v) is 27.0. The van der Waals surface area contributed by atoms with Gasteiger partial charge in [-0.3, -0.25) is 14.4 Å². The van der Waals surface area contributed by atoms with E-state index in [-0.39, 0.29) is 12.2 Å². The summed E-state index contributed by atoms with van der Waals surface area (Å²) in [7, 11) is 0. The van der Waals surface area contributed by atoms with Crippen LogP contribution in [0.1, 0.15) is 85.2 Å². The van der Waals surface area contributed by atoms with Crippen molar-refractivity contribution in [1.82, 2.24) is 14.8 Å². The second-order valence-corrected chi connectivity index (χ2v) is 12.8. The Hall–Kier alpha value is -2.43. The molecule has 0 amide bonds. The molecule has 0 spiro atoms. The summed E-state index contributed by atoms with van der Waals surface area (Å²) in [6.45, 7) is 14.1. The van der Waals surface area contributed by atoms with Crippen LogP contribution in [0.5, 0.6) is 0 Å². The average Bonchev–Trinajstić information content (AvgIpc) is 3.43. The van der Waals surface area contributed by atoms with E-state index in [9.17, 15) is 4.79 Å². The van der Waals surface area contributed by atoms with Gasteiger partial charge in [-0.25, -0.2) is 0 Å². The van der Waals surface area contributed by atoms with Gasteiger partial charge in [0.2, 0.25) is 0 Å². The molecule has 0 saturated carbocycles. The van der Waals surface area contributed by atoms with Crippen molar-refractivity contribution in [3.05, 3.63) is 62.5 Å². The van der Waals surface area contributed by atoms with Gasteiger partial charge in [-0.05, 0) is 63.6 Å². The van der Waals surface area contributed by atoms with Gasteiger partial charge in [0.15, 0.2) is 5.82 Å². The van der Waals surface area contributed by atoms with Crippen LogP contribution in [0, 0.1) is 26.7 Å². The number of nitrogens with zero attached hydrogens (tertiary/aromatic N) is 4. The molecule has 2 aromatic heterocycles. The highest BCUT2D eigenvalue weighted by Gasteiger charge is 2.32. The van der Waals surface area contributed by atoms with Crippen LogP contribution >= 0.6 is 22.9 Å². The summed E-state index contributed by atoms with van der Waals surface area (Å²) >= 11 is 7.90. The number of aryl methyl sites for hydroxylation is 2. The lowest BCUT2D eigenvalue weighted by Crippen LogP contribution is -2.13. The van der Waals surface area contributed by atoms with Crippen LogP contribution in [0.3, 0.4) is 0 Å². The molecule has 1 aromatic carbocycles. The first kappa shape index (κ1) is 32.5. The van der Waals surface area contributed by atoms with Crippen LogP contribution in [-0.4, -0.2) is 65.9 Å². The van der Waals surface area contributed by atoms with E-state index < -0.39 is 6.04 Å². The molecule has 0 aliphatic carbocycles. The van der Waals surface area contributed by atoms with E-state index in [1.54, 1.807) is 11.3 Å². The van der Waals surface area contributed by atoms with Crippen molar-refractivity contribution in [1.29, 1.82) is 0 Å². The number of halogens is 1. The summed E-state index contributed by atoms with van der Waals surface area (Å²) in [5.74, 6) is 2.32. The van der Waals surface area contributed by atoms with Crippen molar-refractivity contribution in [3.8, 4) is 5.00 Å². The van der Waals surface area contributed by atoms with Crippen molar-refractivity contribution in [2.24, 2.45) is 10.9 Å². The van der Waals surface area contributed by atoms with Gasteiger partial charge in [0.25, 0.3) is 0 Å². The van der Waals surface area contributed by atoms with Crippen LogP contribution in [0.4, 0.5) is 0 Å². The molecule has 0 radical (unpaired) electrons. The molecular formula is C32H43ClN4O4S. The van der Waals surface area contributed by atoms with Crippen molar-refractivity contribution >= 4 is 34.4 Å². The number of hydrogen-bond donors (Lipinski definition) is 0. The van der Waals surface area contributed by atoms with Gasteiger partial charge < -0.3 is 14.2 Å². The molecule has 0 unspecified atom stereocenters. The van der Waals surface area contributed by atoms with Crippen molar-refractivity contribution in [2.45, 2.75) is 72.8 Å². The van der Waals surface area contributed by atoms with Crippen molar-refractivity contribution in [2.75, 3.05) is 39.6 Å². The number of hydrogen-bond acceptors (Lipinski definition) is 8. The second kappa shape index (κ2) is 15.9. The third kappa shape index (κ3) is 8.57. The highest BCUT2D eigenvalue weighted by Crippen LogP contribution is 2.39. The number of aromatic nitrogens is 3. The summed E-state index contributed by atoms with van der Waals surface area (Å²) in [5.41, 5.74) is 4.05. The van der Waals surface area contributed by atoms with E-state index >= 15 is 0 Å². The second-order valence-electron chi connectivity index (χ2n) is 11.1. The van der Waals surface area contributed by atoms with Crippen molar-refractivity contribution in [3.63, 3.8) is 0 Å². The van der Waals surface area contributed by atoms with Crippen LogP contribution in [0.2, 0.25) is 5.02 Å². The first-order valence-electron chi connectivity index (χ1n) is 14.9. The predicted octanol–water partition coefficient (Wildman–Crippen LogP) is 7.02. The number of ketones is 1. The maximum atomic E-state index is 13.1. The highest BCUT2D eigenvalue weighted by molar-refractivity contribution is 7.15. The Balaban J connectivity index is 1.30. The Labute approximate surface area is 258 Å².